The first-order valence-corrected chi connectivity index (χ1v) is 10.8. The van der Waals surface area contributed by atoms with Crippen molar-refractivity contribution in [1.82, 2.24) is 5.32 Å². The van der Waals surface area contributed by atoms with E-state index in [1.807, 2.05) is 0 Å². The molecule has 0 heterocycles. The standard InChI is InChI=1S/C23H27N5O7/c24-11-3-1-2-4-20(30)26-18(22(32)33)13-14-5-10-19(29)17(12-14)28-27-16-8-6-15(7-9-16)25-21(31)23(34)35/h5-10,12,18,29H,1-4,11,13,24H2,(H,25,31)(H,26,30)(H,32,33)(H,34,35). The van der Waals surface area contributed by atoms with Crippen LogP contribution in [0.15, 0.2) is 52.7 Å². The number of phenols is 1. The van der Waals surface area contributed by atoms with Crippen LogP contribution >= 0.6 is 0 Å². The number of rotatable bonds is 12. The smallest absolute Gasteiger partial charge is 0.394 e. The van der Waals surface area contributed by atoms with Gasteiger partial charge in [-0.2, -0.15) is 5.11 Å². The minimum Gasteiger partial charge on any atom is -0.506 e. The molecule has 12 heteroatoms. The molecule has 35 heavy (non-hydrogen) atoms. The number of hydrogen-bond donors (Lipinski definition) is 6. The zero-order valence-electron chi connectivity index (χ0n) is 18.8. The monoisotopic (exact) mass is 485 g/mol. The number of nitrogens with one attached hydrogen (secondary N) is 2. The molecule has 0 aromatic heterocycles. The number of unbranched alkanes of at least 4 members (excludes halogenated alkanes) is 2. The van der Waals surface area contributed by atoms with Crippen LogP contribution in [0.25, 0.3) is 0 Å². The zero-order chi connectivity index (χ0) is 25.8. The Morgan fingerprint density at radius 2 is 1.66 bits per heavy atom. The molecule has 186 valence electrons. The molecule has 1 unspecified atom stereocenters. The second-order valence-electron chi connectivity index (χ2n) is 7.59. The summed E-state index contributed by atoms with van der Waals surface area (Å²) < 4.78 is 0. The number of carboxylic acids is 2. The number of nitrogens with two attached hydrogens (primary N) is 1. The lowest BCUT2D eigenvalue weighted by Gasteiger charge is -2.15. The van der Waals surface area contributed by atoms with Crippen molar-refractivity contribution in [2.24, 2.45) is 16.0 Å². The van der Waals surface area contributed by atoms with Gasteiger partial charge in [-0.25, -0.2) is 9.59 Å². The zero-order valence-corrected chi connectivity index (χ0v) is 18.8. The maximum Gasteiger partial charge on any atom is 0.394 e. The number of phenolic OH excluding ortho intramolecular Hbond substituents is 1. The van der Waals surface area contributed by atoms with Crippen molar-refractivity contribution in [3.8, 4) is 5.75 Å². The van der Waals surface area contributed by atoms with E-state index in [9.17, 15) is 29.4 Å². The molecule has 0 aliphatic rings. The normalized spacial score (nSPS) is 11.7. The topological polar surface area (TPSA) is 204 Å². The summed E-state index contributed by atoms with van der Waals surface area (Å²) >= 11 is 0. The van der Waals surface area contributed by atoms with E-state index in [0.717, 1.165) is 12.8 Å². The van der Waals surface area contributed by atoms with E-state index < -0.39 is 23.9 Å². The van der Waals surface area contributed by atoms with E-state index in [1.54, 1.807) is 0 Å². The number of hydrogen-bond acceptors (Lipinski definition) is 8. The SMILES string of the molecule is NCCCCCC(=O)NC(Cc1ccc(O)c(N=Nc2ccc(NC(=O)C(=O)O)cc2)c1)C(=O)O. The van der Waals surface area contributed by atoms with Crippen molar-refractivity contribution in [3.63, 3.8) is 0 Å². The Bertz CT molecular complexity index is 1090. The lowest BCUT2D eigenvalue weighted by molar-refractivity contribution is -0.147. The first kappa shape index (κ1) is 26.9. The van der Waals surface area contributed by atoms with Gasteiger partial charge < -0.3 is 31.7 Å². The number of carbonyl (C=O) groups is 4. The molecule has 0 aliphatic heterocycles. The van der Waals surface area contributed by atoms with Crippen LogP contribution in [-0.2, 0) is 25.6 Å². The first-order valence-electron chi connectivity index (χ1n) is 10.8. The van der Waals surface area contributed by atoms with Crippen LogP contribution in [0.1, 0.15) is 31.2 Å². The number of carbonyl (C=O) groups excluding carboxylic acids is 2. The molecule has 2 rings (SSSR count). The van der Waals surface area contributed by atoms with Crippen LogP contribution < -0.4 is 16.4 Å². The molecule has 1 atom stereocenters. The van der Waals surface area contributed by atoms with Gasteiger partial charge in [0.2, 0.25) is 5.91 Å². The minimum atomic E-state index is -1.61. The number of anilines is 1. The highest BCUT2D eigenvalue weighted by atomic mass is 16.4. The molecular formula is C23H27N5O7. The minimum absolute atomic E-state index is 0.0232. The molecule has 2 aromatic carbocycles. The highest BCUT2D eigenvalue weighted by molar-refractivity contribution is 6.36. The summed E-state index contributed by atoms with van der Waals surface area (Å²) in [6.45, 7) is 0.538. The predicted molar refractivity (Wildman–Crippen MR) is 126 cm³/mol. The van der Waals surface area contributed by atoms with Crippen molar-refractivity contribution in [2.45, 2.75) is 38.1 Å². The van der Waals surface area contributed by atoms with Gasteiger partial charge in [-0.3, -0.25) is 9.59 Å². The lowest BCUT2D eigenvalue weighted by Crippen LogP contribution is -2.42. The molecule has 0 bridgehead atoms. The van der Waals surface area contributed by atoms with Gasteiger partial charge in [-0.1, -0.05) is 12.5 Å². The average molecular weight is 485 g/mol. The maximum atomic E-state index is 12.1. The first-order chi connectivity index (χ1) is 16.7. The lowest BCUT2D eigenvalue weighted by atomic mass is 10.0. The van der Waals surface area contributed by atoms with Crippen LogP contribution in [0.3, 0.4) is 0 Å². The Labute approximate surface area is 200 Å². The van der Waals surface area contributed by atoms with Gasteiger partial charge in [0.25, 0.3) is 0 Å². The largest absolute Gasteiger partial charge is 0.506 e. The maximum absolute atomic E-state index is 12.1. The number of nitrogens with zero attached hydrogens (tertiary/aromatic N) is 2. The molecule has 12 nitrogen and oxygen atoms in total. The third-order valence-electron chi connectivity index (χ3n) is 4.81. The molecule has 0 saturated heterocycles. The fourth-order valence-corrected chi connectivity index (χ4v) is 2.99. The Morgan fingerprint density at radius 1 is 0.943 bits per heavy atom. The van der Waals surface area contributed by atoms with Crippen molar-refractivity contribution in [1.29, 1.82) is 0 Å². The summed E-state index contributed by atoms with van der Waals surface area (Å²) in [5, 5.41) is 40.8. The average Bonchev–Trinajstić information content (AvgIpc) is 2.82. The van der Waals surface area contributed by atoms with Crippen LogP contribution in [0.5, 0.6) is 5.75 Å². The Hall–Kier alpha value is -4.32. The number of amides is 2. The highest BCUT2D eigenvalue weighted by Gasteiger charge is 2.21. The summed E-state index contributed by atoms with van der Waals surface area (Å²) in [5.41, 5.74) is 6.62. The number of benzene rings is 2. The van der Waals surface area contributed by atoms with Gasteiger partial charge in [0.05, 0.1) is 5.69 Å². The summed E-state index contributed by atoms with van der Waals surface area (Å²) in [6.07, 6.45) is 2.38. The summed E-state index contributed by atoms with van der Waals surface area (Å²) in [6, 6.07) is 9.00. The third kappa shape index (κ3) is 9.21. The molecule has 0 aliphatic carbocycles. The van der Waals surface area contributed by atoms with Crippen LogP contribution in [0.2, 0.25) is 0 Å². The number of aliphatic carboxylic acids is 2. The van der Waals surface area contributed by atoms with Crippen molar-refractivity contribution in [2.75, 3.05) is 11.9 Å². The van der Waals surface area contributed by atoms with E-state index in [2.05, 4.69) is 20.9 Å². The molecule has 2 amide bonds. The van der Waals surface area contributed by atoms with E-state index in [4.69, 9.17) is 10.8 Å². The van der Waals surface area contributed by atoms with E-state index in [1.165, 1.54) is 42.5 Å². The summed E-state index contributed by atoms with van der Waals surface area (Å²) in [5.74, 6) is -4.53. The number of azo groups is 1. The van der Waals surface area contributed by atoms with Crippen LogP contribution in [-0.4, -0.2) is 51.7 Å². The number of aromatic hydroxyl groups is 1. The van der Waals surface area contributed by atoms with Gasteiger partial charge in [-0.05, 0) is 61.3 Å². The van der Waals surface area contributed by atoms with Gasteiger partial charge >= 0.3 is 17.8 Å². The number of carboxylic acid groups (broad SMARTS) is 2. The van der Waals surface area contributed by atoms with Crippen molar-refractivity contribution >= 4 is 40.8 Å². The van der Waals surface area contributed by atoms with Gasteiger partial charge in [-0.15, -0.1) is 5.11 Å². The third-order valence-corrected chi connectivity index (χ3v) is 4.81. The Kier molecular flexibility index (Phi) is 10.3. The summed E-state index contributed by atoms with van der Waals surface area (Å²) in [4.78, 5) is 45.5. The molecule has 0 saturated carbocycles. The fraction of sp³-hybridized carbons (Fsp3) is 0.304. The second kappa shape index (κ2) is 13.4. The fourth-order valence-electron chi connectivity index (χ4n) is 2.99. The van der Waals surface area contributed by atoms with E-state index >= 15 is 0 Å². The Balaban J connectivity index is 2.05. The van der Waals surface area contributed by atoms with Crippen molar-refractivity contribution in [3.05, 3.63) is 48.0 Å². The van der Waals surface area contributed by atoms with Gasteiger partial charge in [0, 0.05) is 18.5 Å². The van der Waals surface area contributed by atoms with Crippen molar-refractivity contribution < 1.29 is 34.5 Å². The van der Waals surface area contributed by atoms with E-state index in [0.29, 0.717) is 24.2 Å². The molecule has 0 radical (unpaired) electrons. The van der Waals surface area contributed by atoms with Gasteiger partial charge in [0.1, 0.15) is 17.5 Å². The molecule has 7 N–H and O–H groups in total. The molecule has 2 aromatic rings. The summed E-state index contributed by atoms with van der Waals surface area (Å²) in [7, 11) is 0. The highest BCUT2D eigenvalue weighted by Crippen LogP contribution is 2.30. The van der Waals surface area contributed by atoms with Gasteiger partial charge in [0.15, 0.2) is 0 Å². The molecule has 0 fully saturated rings. The van der Waals surface area contributed by atoms with Crippen LogP contribution in [0.4, 0.5) is 17.1 Å². The predicted octanol–water partition coefficient (Wildman–Crippen LogP) is 2.46. The van der Waals surface area contributed by atoms with E-state index in [-0.39, 0.29) is 35.9 Å². The van der Waals surface area contributed by atoms with Crippen LogP contribution in [0, 0.1) is 0 Å². The Morgan fingerprint density at radius 3 is 2.29 bits per heavy atom. The quantitative estimate of drug-likeness (QED) is 0.149. The second-order valence-corrected chi connectivity index (χ2v) is 7.59. The molecule has 0 spiro atoms. The molecular weight excluding hydrogens is 458 g/mol.